The van der Waals surface area contributed by atoms with E-state index in [1.54, 1.807) is 0 Å². The Labute approximate surface area is 93.2 Å². The first kappa shape index (κ1) is 12.5. The minimum absolute atomic E-state index is 0.309. The lowest BCUT2D eigenvalue weighted by atomic mass is 10.0. The molecule has 1 saturated heterocycles. The van der Waals surface area contributed by atoms with Crippen LogP contribution in [0.2, 0.25) is 0 Å². The number of hydrogen-bond donors (Lipinski definition) is 1. The van der Waals surface area contributed by atoms with Crippen LogP contribution in [-0.2, 0) is 4.79 Å². The molecule has 88 valence electrons. The third-order valence-electron chi connectivity index (χ3n) is 3.33. The Morgan fingerprint density at radius 3 is 2.87 bits per heavy atom. The number of amides is 1. The minimum Gasteiger partial charge on any atom is -0.345 e. The van der Waals surface area contributed by atoms with Gasteiger partial charge in [0.05, 0.1) is 0 Å². The topological polar surface area (TPSA) is 32.3 Å². The summed E-state index contributed by atoms with van der Waals surface area (Å²) in [6, 6.07) is 0. The van der Waals surface area contributed by atoms with E-state index in [0.717, 1.165) is 38.9 Å². The quantitative estimate of drug-likeness (QED) is 0.749. The van der Waals surface area contributed by atoms with Gasteiger partial charge in [0.1, 0.15) is 0 Å². The summed E-state index contributed by atoms with van der Waals surface area (Å²) in [4.78, 5) is 13.7. The average Bonchev–Trinajstić information content (AvgIpc) is 2.70. The van der Waals surface area contributed by atoms with Crippen LogP contribution in [0.1, 0.15) is 33.1 Å². The summed E-state index contributed by atoms with van der Waals surface area (Å²) < 4.78 is 0. The molecule has 2 atom stereocenters. The summed E-state index contributed by atoms with van der Waals surface area (Å²) >= 11 is 0. The first-order chi connectivity index (χ1) is 7.13. The Morgan fingerprint density at radius 1 is 1.60 bits per heavy atom. The number of nitrogens with zero attached hydrogens (tertiary/aromatic N) is 1. The highest BCUT2D eigenvalue weighted by Crippen LogP contribution is 2.14. The van der Waals surface area contributed by atoms with Crippen molar-refractivity contribution >= 4 is 5.91 Å². The van der Waals surface area contributed by atoms with Crippen LogP contribution in [0.3, 0.4) is 0 Å². The molecule has 3 heteroatoms. The monoisotopic (exact) mass is 212 g/mol. The van der Waals surface area contributed by atoms with Crippen molar-refractivity contribution in [1.82, 2.24) is 10.2 Å². The Balaban J connectivity index is 2.25. The molecule has 1 heterocycles. The summed E-state index contributed by atoms with van der Waals surface area (Å²) in [6.07, 6.45) is 3.02. The lowest BCUT2D eigenvalue weighted by Crippen LogP contribution is -2.32. The number of carbonyl (C=O) groups excluding carboxylic acids is 1. The molecule has 0 aromatic carbocycles. The maximum Gasteiger partial charge on any atom is 0.222 e. The lowest BCUT2D eigenvalue weighted by molar-refractivity contribution is -0.131. The molecule has 0 aromatic rings. The van der Waals surface area contributed by atoms with E-state index in [2.05, 4.69) is 19.2 Å². The van der Waals surface area contributed by atoms with Crippen LogP contribution in [0.15, 0.2) is 0 Å². The second-order valence-corrected chi connectivity index (χ2v) is 4.85. The molecular weight excluding hydrogens is 188 g/mol. The smallest absolute Gasteiger partial charge is 0.222 e. The van der Waals surface area contributed by atoms with Crippen molar-refractivity contribution in [2.45, 2.75) is 33.1 Å². The average molecular weight is 212 g/mol. The fourth-order valence-corrected chi connectivity index (χ4v) is 1.99. The number of rotatable bonds is 5. The van der Waals surface area contributed by atoms with Gasteiger partial charge in [-0.3, -0.25) is 4.79 Å². The molecule has 0 spiro atoms. The number of nitrogens with one attached hydrogen (secondary N) is 1. The zero-order chi connectivity index (χ0) is 11.3. The molecule has 1 aliphatic heterocycles. The van der Waals surface area contributed by atoms with Gasteiger partial charge in [-0.15, -0.1) is 0 Å². The van der Waals surface area contributed by atoms with Crippen molar-refractivity contribution in [3.8, 4) is 0 Å². The molecule has 1 N–H and O–H groups in total. The van der Waals surface area contributed by atoms with Crippen molar-refractivity contribution < 1.29 is 4.79 Å². The van der Waals surface area contributed by atoms with E-state index >= 15 is 0 Å². The van der Waals surface area contributed by atoms with Crippen LogP contribution in [0.25, 0.3) is 0 Å². The van der Waals surface area contributed by atoms with Crippen LogP contribution in [-0.4, -0.2) is 37.5 Å². The van der Waals surface area contributed by atoms with Gasteiger partial charge >= 0.3 is 0 Å². The predicted molar refractivity (Wildman–Crippen MR) is 62.7 cm³/mol. The fourth-order valence-electron chi connectivity index (χ4n) is 1.99. The third kappa shape index (κ3) is 4.20. The van der Waals surface area contributed by atoms with Crippen LogP contribution in [0.4, 0.5) is 0 Å². The van der Waals surface area contributed by atoms with Gasteiger partial charge in [-0.05, 0) is 31.3 Å². The first-order valence-electron chi connectivity index (χ1n) is 6.08. The van der Waals surface area contributed by atoms with Crippen molar-refractivity contribution in [2.75, 3.05) is 26.7 Å². The fraction of sp³-hybridized carbons (Fsp3) is 0.917. The molecule has 1 amide bonds. The molecule has 0 saturated carbocycles. The summed E-state index contributed by atoms with van der Waals surface area (Å²) in [5, 5.41) is 3.30. The largest absolute Gasteiger partial charge is 0.345 e. The molecule has 1 aliphatic rings. The van der Waals surface area contributed by atoms with E-state index in [-0.39, 0.29) is 0 Å². The summed E-state index contributed by atoms with van der Waals surface area (Å²) in [7, 11) is 1.93. The van der Waals surface area contributed by atoms with Crippen LogP contribution >= 0.6 is 0 Å². The summed E-state index contributed by atoms with van der Waals surface area (Å²) in [5.41, 5.74) is 0. The van der Waals surface area contributed by atoms with Gasteiger partial charge in [0.25, 0.3) is 0 Å². The Kier molecular flexibility index (Phi) is 5.09. The van der Waals surface area contributed by atoms with E-state index in [1.165, 1.54) is 0 Å². The summed E-state index contributed by atoms with van der Waals surface area (Å²) in [6.45, 7) is 7.36. The molecule has 0 bridgehead atoms. The van der Waals surface area contributed by atoms with Gasteiger partial charge < -0.3 is 10.2 Å². The maximum absolute atomic E-state index is 11.8. The third-order valence-corrected chi connectivity index (χ3v) is 3.33. The van der Waals surface area contributed by atoms with Gasteiger partial charge in [0, 0.05) is 20.0 Å². The second kappa shape index (κ2) is 6.11. The Morgan fingerprint density at radius 2 is 2.33 bits per heavy atom. The highest BCUT2D eigenvalue weighted by atomic mass is 16.2. The number of carbonyl (C=O) groups is 1. The van der Waals surface area contributed by atoms with Gasteiger partial charge in [-0.25, -0.2) is 0 Å². The molecular formula is C12H24N2O. The van der Waals surface area contributed by atoms with Crippen LogP contribution < -0.4 is 5.32 Å². The highest BCUT2D eigenvalue weighted by molar-refractivity contribution is 5.76. The molecule has 0 radical (unpaired) electrons. The molecule has 0 aromatic heterocycles. The van der Waals surface area contributed by atoms with Crippen LogP contribution in [0, 0.1) is 11.8 Å². The van der Waals surface area contributed by atoms with Crippen molar-refractivity contribution in [2.24, 2.45) is 11.8 Å². The minimum atomic E-state index is 0.309. The molecule has 3 nitrogen and oxygen atoms in total. The molecule has 2 unspecified atom stereocenters. The standard InChI is InChI=1S/C12H24N2O/c1-4-10(2)9-14(3)12(15)7-11-5-6-13-8-11/h10-11,13H,4-9H2,1-3H3. The first-order valence-corrected chi connectivity index (χ1v) is 6.08. The summed E-state index contributed by atoms with van der Waals surface area (Å²) in [5.74, 6) is 1.49. The Hall–Kier alpha value is -0.570. The SMILES string of the molecule is CCC(C)CN(C)C(=O)CC1CCNC1. The predicted octanol–water partition coefficient (Wildman–Crippen LogP) is 1.49. The van der Waals surface area contributed by atoms with E-state index in [0.29, 0.717) is 17.7 Å². The maximum atomic E-state index is 11.8. The van der Waals surface area contributed by atoms with Gasteiger partial charge in [-0.1, -0.05) is 20.3 Å². The lowest BCUT2D eigenvalue weighted by Gasteiger charge is -2.22. The molecule has 1 fully saturated rings. The van der Waals surface area contributed by atoms with Crippen molar-refractivity contribution in [3.63, 3.8) is 0 Å². The van der Waals surface area contributed by atoms with Gasteiger partial charge in [0.15, 0.2) is 0 Å². The van der Waals surface area contributed by atoms with Crippen LogP contribution in [0.5, 0.6) is 0 Å². The van der Waals surface area contributed by atoms with E-state index in [1.807, 2.05) is 11.9 Å². The zero-order valence-electron chi connectivity index (χ0n) is 10.3. The highest BCUT2D eigenvalue weighted by Gasteiger charge is 2.20. The van der Waals surface area contributed by atoms with Crippen molar-refractivity contribution in [1.29, 1.82) is 0 Å². The van der Waals surface area contributed by atoms with E-state index < -0.39 is 0 Å². The zero-order valence-corrected chi connectivity index (χ0v) is 10.3. The van der Waals surface area contributed by atoms with E-state index in [9.17, 15) is 4.79 Å². The second-order valence-electron chi connectivity index (χ2n) is 4.85. The molecule has 1 rings (SSSR count). The molecule has 0 aliphatic carbocycles. The van der Waals surface area contributed by atoms with Gasteiger partial charge in [0.2, 0.25) is 5.91 Å². The normalized spacial score (nSPS) is 22.7. The van der Waals surface area contributed by atoms with E-state index in [4.69, 9.17) is 0 Å². The van der Waals surface area contributed by atoms with Crippen molar-refractivity contribution in [3.05, 3.63) is 0 Å². The van der Waals surface area contributed by atoms with Gasteiger partial charge in [-0.2, -0.15) is 0 Å². The molecule has 15 heavy (non-hydrogen) atoms. The number of hydrogen-bond acceptors (Lipinski definition) is 2. The Bertz CT molecular complexity index is 200.